The normalized spacial score (nSPS) is 14.3. The lowest BCUT2D eigenvalue weighted by atomic mass is 10.1. The summed E-state index contributed by atoms with van der Waals surface area (Å²) in [6.45, 7) is 2.93. The van der Waals surface area contributed by atoms with Crippen molar-refractivity contribution in [2.75, 3.05) is 26.2 Å². The molecule has 0 radical (unpaired) electrons. The predicted octanol–water partition coefficient (Wildman–Crippen LogP) is 5.29. The van der Waals surface area contributed by atoms with Gasteiger partial charge in [-0.3, -0.25) is 9.69 Å². The number of rotatable bonds is 5. The largest absolute Gasteiger partial charge is 0.336 e. The summed E-state index contributed by atoms with van der Waals surface area (Å²) in [6, 6.07) is 18.0. The molecule has 1 aliphatic rings. The maximum absolute atomic E-state index is 13.5. The smallest absolute Gasteiger partial charge is 0.258 e. The molecule has 1 amide bonds. The second-order valence-electron chi connectivity index (χ2n) is 8.36. The number of halogens is 3. The zero-order valence-corrected chi connectivity index (χ0v) is 19.4. The van der Waals surface area contributed by atoms with Gasteiger partial charge in [-0.1, -0.05) is 41.0 Å². The van der Waals surface area contributed by atoms with Crippen LogP contribution in [0.3, 0.4) is 0 Å². The average Bonchev–Trinajstić information content (AvgIpc) is 3.34. The molecular formula is C26H21ClF2N4O2. The molecule has 1 saturated heterocycles. The van der Waals surface area contributed by atoms with Gasteiger partial charge in [0.25, 0.3) is 11.8 Å². The summed E-state index contributed by atoms with van der Waals surface area (Å²) in [5, 5.41) is 4.70. The molecular weight excluding hydrogens is 474 g/mol. The Morgan fingerprint density at radius 1 is 0.914 bits per heavy atom. The van der Waals surface area contributed by atoms with Crippen LogP contribution in [0.1, 0.15) is 15.9 Å². The fourth-order valence-electron chi connectivity index (χ4n) is 4.12. The maximum Gasteiger partial charge on any atom is 0.258 e. The monoisotopic (exact) mass is 494 g/mol. The molecule has 1 fully saturated rings. The first-order valence-electron chi connectivity index (χ1n) is 11.1. The van der Waals surface area contributed by atoms with E-state index in [4.69, 9.17) is 16.1 Å². The lowest BCUT2D eigenvalue weighted by molar-refractivity contribution is 0.0627. The van der Waals surface area contributed by atoms with Crippen molar-refractivity contribution in [3.8, 4) is 22.8 Å². The minimum atomic E-state index is -0.756. The number of carbonyl (C=O) groups excluding carboxylic acids is 1. The third-order valence-corrected chi connectivity index (χ3v) is 6.09. The molecule has 178 valence electrons. The van der Waals surface area contributed by atoms with E-state index in [0.29, 0.717) is 49.5 Å². The highest BCUT2D eigenvalue weighted by Crippen LogP contribution is 2.25. The van der Waals surface area contributed by atoms with Gasteiger partial charge in [-0.2, -0.15) is 4.98 Å². The van der Waals surface area contributed by atoms with E-state index >= 15 is 0 Å². The van der Waals surface area contributed by atoms with Crippen molar-refractivity contribution < 1.29 is 18.1 Å². The van der Waals surface area contributed by atoms with Gasteiger partial charge in [0.05, 0.1) is 0 Å². The zero-order valence-electron chi connectivity index (χ0n) is 18.6. The summed E-state index contributed by atoms with van der Waals surface area (Å²) in [5.74, 6) is -0.995. The Morgan fingerprint density at radius 2 is 1.63 bits per heavy atom. The van der Waals surface area contributed by atoms with Gasteiger partial charge in [0.1, 0.15) is 11.6 Å². The van der Waals surface area contributed by atoms with E-state index in [0.717, 1.165) is 34.9 Å². The Kier molecular flexibility index (Phi) is 6.57. The van der Waals surface area contributed by atoms with Crippen LogP contribution < -0.4 is 0 Å². The number of hydrogen-bond acceptors (Lipinski definition) is 5. The average molecular weight is 495 g/mol. The van der Waals surface area contributed by atoms with E-state index in [1.165, 1.54) is 0 Å². The molecule has 2 heterocycles. The quantitative estimate of drug-likeness (QED) is 0.377. The van der Waals surface area contributed by atoms with E-state index in [1.54, 1.807) is 17.0 Å². The second kappa shape index (κ2) is 9.93. The number of nitrogens with zero attached hydrogens (tertiary/aromatic N) is 4. The maximum atomic E-state index is 13.5. The molecule has 0 bridgehead atoms. The number of carbonyl (C=O) groups is 1. The Balaban J connectivity index is 1.22. The predicted molar refractivity (Wildman–Crippen MR) is 128 cm³/mol. The Hall–Kier alpha value is -3.62. The van der Waals surface area contributed by atoms with E-state index in [1.807, 2.05) is 36.4 Å². The van der Waals surface area contributed by atoms with Crippen LogP contribution in [0.15, 0.2) is 71.3 Å². The van der Waals surface area contributed by atoms with Gasteiger partial charge in [-0.15, -0.1) is 0 Å². The lowest BCUT2D eigenvalue weighted by Crippen LogP contribution is -2.48. The summed E-state index contributed by atoms with van der Waals surface area (Å²) in [7, 11) is 0. The standard InChI is InChI=1S/C26H21ClF2N4O2/c27-21-6-2-5-19(12-21)25-30-24(31-35-25)18-4-1-3-17(11-18)16-32-7-9-33(10-8-32)26(34)20-13-22(28)15-23(29)14-20/h1-6,11-15H,7-10,16H2. The van der Waals surface area contributed by atoms with Crippen molar-refractivity contribution >= 4 is 17.5 Å². The highest BCUT2D eigenvalue weighted by Gasteiger charge is 2.23. The van der Waals surface area contributed by atoms with Crippen molar-refractivity contribution in [2.45, 2.75) is 6.54 Å². The van der Waals surface area contributed by atoms with Crippen LogP contribution >= 0.6 is 11.6 Å². The summed E-state index contributed by atoms with van der Waals surface area (Å²) < 4.78 is 32.4. The van der Waals surface area contributed by atoms with Gasteiger partial charge < -0.3 is 9.42 Å². The summed E-state index contributed by atoms with van der Waals surface area (Å²) in [5.41, 5.74) is 2.69. The SMILES string of the molecule is O=C(c1cc(F)cc(F)c1)N1CCN(Cc2cccc(-c3noc(-c4cccc(Cl)c4)n3)c2)CC1. The molecule has 0 spiro atoms. The molecule has 1 aromatic heterocycles. The third kappa shape index (κ3) is 5.39. The number of piperazine rings is 1. The fraction of sp³-hybridized carbons (Fsp3) is 0.192. The van der Waals surface area contributed by atoms with Gasteiger partial charge in [0, 0.05) is 60.5 Å². The molecule has 6 nitrogen and oxygen atoms in total. The number of benzene rings is 3. The molecule has 0 unspecified atom stereocenters. The van der Waals surface area contributed by atoms with E-state index in [2.05, 4.69) is 15.0 Å². The van der Waals surface area contributed by atoms with Gasteiger partial charge >= 0.3 is 0 Å². The second-order valence-corrected chi connectivity index (χ2v) is 8.80. The molecule has 0 saturated carbocycles. The third-order valence-electron chi connectivity index (χ3n) is 5.86. The zero-order chi connectivity index (χ0) is 24.4. The van der Waals surface area contributed by atoms with Crippen LogP contribution in [-0.4, -0.2) is 52.0 Å². The summed E-state index contributed by atoms with van der Waals surface area (Å²) in [4.78, 5) is 21.0. The topological polar surface area (TPSA) is 62.5 Å². The van der Waals surface area contributed by atoms with Gasteiger partial charge in [0.2, 0.25) is 5.82 Å². The fourth-order valence-corrected chi connectivity index (χ4v) is 4.31. The Morgan fingerprint density at radius 3 is 2.37 bits per heavy atom. The molecule has 5 rings (SSSR count). The molecule has 3 aromatic carbocycles. The first-order chi connectivity index (χ1) is 16.9. The first-order valence-corrected chi connectivity index (χ1v) is 11.5. The van der Waals surface area contributed by atoms with Gasteiger partial charge in [-0.25, -0.2) is 8.78 Å². The van der Waals surface area contributed by atoms with Crippen LogP contribution in [0.2, 0.25) is 5.02 Å². The number of amides is 1. The first kappa shape index (κ1) is 23.1. The van der Waals surface area contributed by atoms with Gasteiger partial charge in [-0.05, 0) is 42.0 Å². The van der Waals surface area contributed by atoms with Crippen molar-refractivity contribution in [3.63, 3.8) is 0 Å². The van der Waals surface area contributed by atoms with E-state index < -0.39 is 11.6 Å². The highest BCUT2D eigenvalue weighted by molar-refractivity contribution is 6.30. The van der Waals surface area contributed by atoms with Crippen LogP contribution in [0, 0.1) is 11.6 Å². The molecule has 1 aliphatic heterocycles. The number of aromatic nitrogens is 2. The lowest BCUT2D eigenvalue weighted by Gasteiger charge is -2.34. The summed E-state index contributed by atoms with van der Waals surface area (Å²) >= 11 is 6.06. The number of hydrogen-bond donors (Lipinski definition) is 0. The highest BCUT2D eigenvalue weighted by atomic mass is 35.5. The minimum absolute atomic E-state index is 0.0286. The van der Waals surface area contributed by atoms with Gasteiger partial charge in [0.15, 0.2) is 0 Å². The molecule has 0 atom stereocenters. The van der Waals surface area contributed by atoms with Crippen molar-refractivity contribution in [1.82, 2.24) is 19.9 Å². The van der Waals surface area contributed by atoms with Crippen molar-refractivity contribution in [2.24, 2.45) is 0 Å². The summed E-state index contributed by atoms with van der Waals surface area (Å²) in [6.07, 6.45) is 0. The molecule has 35 heavy (non-hydrogen) atoms. The Bertz CT molecular complexity index is 1350. The Labute approximate surface area is 205 Å². The van der Waals surface area contributed by atoms with Crippen LogP contribution in [0.25, 0.3) is 22.8 Å². The van der Waals surface area contributed by atoms with E-state index in [-0.39, 0.29) is 11.5 Å². The van der Waals surface area contributed by atoms with Crippen molar-refractivity contribution in [1.29, 1.82) is 0 Å². The van der Waals surface area contributed by atoms with Crippen LogP contribution in [0.5, 0.6) is 0 Å². The van der Waals surface area contributed by atoms with Crippen LogP contribution in [0.4, 0.5) is 8.78 Å². The molecule has 9 heteroatoms. The van der Waals surface area contributed by atoms with Crippen molar-refractivity contribution in [3.05, 3.63) is 94.5 Å². The molecule has 4 aromatic rings. The molecule has 0 aliphatic carbocycles. The van der Waals surface area contributed by atoms with E-state index in [9.17, 15) is 13.6 Å². The minimum Gasteiger partial charge on any atom is -0.336 e. The van der Waals surface area contributed by atoms with Crippen LogP contribution in [-0.2, 0) is 6.54 Å². The molecule has 0 N–H and O–H groups in total.